The molecule has 1 aromatic heterocycles. The number of rotatable bonds is 6. The summed E-state index contributed by atoms with van der Waals surface area (Å²) < 4.78 is 0. The van der Waals surface area contributed by atoms with Crippen molar-refractivity contribution in [1.29, 1.82) is 0 Å². The molecule has 1 aromatic carbocycles. The molecule has 5 heteroatoms. The van der Waals surface area contributed by atoms with Gasteiger partial charge >= 0.3 is 0 Å². The van der Waals surface area contributed by atoms with Crippen LogP contribution in [0.3, 0.4) is 0 Å². The molecule has 0 saturated carbocycles. The zero-order valence-electron chi connectivity index (χ0n) is 13.2. The van der Waals surface area contributed by atoms with E-state index < -0.39 is 0 Å². The Morgan fingerprint density at radius 3 is 2.24 bits per heavy atom. The van der Waals surface area contributed by atoms with E-state index in [1.807, 2.05) is 32.3 Å². The first kappa shape index (κ1) is 15.1. The molecule has 0 aliphatic rings. The number of aromatic nitrogens is 2. The van der Waals surface area contributed by atoms with Gasteiger partial charge in [0.25, 0.3) is 0 Å². The van der Waals surface area contributed by atoms with Crippen LogP contribution >= 0.6 is 0 Å². The van der Waals surface area contributed by atoms with Gasteiger partial charge in [0.2, 0.25) is 5.95 Å². The second-order valence-electron chi connectivity index (χ2n) is 4.98. The van der Waals surface area contributed by atoms with E-state index >= 15 is 0 Å². The Morgan fingerprint density at radius 1 is 1.00 bits per heavy atom. The van der Waals surface area contributed by atoms with E-state index in [2.05, 4.69) is 51.1 Å². The smallest absolute Gasteiger partial charge is 0.229 e. The molecule has 0 atom stereocenters. The second-order valence-corrected chi connectivity index (χ2v) is 4.98. The van der Waals surface area contributed by atoms with Gasteiger partial charge < -0.3 is 15.1 Å². The number of hydrogen-bond donors (Lipinski definition) is 1. The molecular weight excluding hydrogens is 262 g/mol. The van der Waals surface area contributed by atoms with Crippen LogP contribution in [0.2, 0.25) is 0 Å². The quantitative estimate of drug-likeness (QED) is 0.883. The van der Waals surface area contributed by atoms with Gasteiger partial charge in [0.05, 0.1) is 0 Å². The SMILES string of the molecule is CCN(CC)c1ccnc(Nc2ccc(N(C)C)cc2)n1. The number of nitrogens with one attached hydrogen (secondary N) is 1. The minimum absolute atomic E-state index is 0.622. The fourth-order valence-electron chi connectivity index (χ4n) is 2.11. The van der Waals surface area contributed by atoms with Crippen molar-refractivity contribution in [3.8, 4) is 0 Å². The van der Waals surface area contributed by atoms with E-state index in [-0.39, 0.29) is 0 Å². The van der Waals surface area contributed by atoms with Crippen molar-refractivity contribution < 1.29 is 0 Å². The van der Waals surface area contributed by atoms with Gasteiger partial charge in [-0.15, -0.1) is 0 Å². The van der Waals surface area contributed by atoms with Gasteiger partial charge in [-0.1, -0.05) is 0 Å². The lowest BCUT2D eigenvalue weighted by Gasteiger charge is -2.20. The Kier molecular flexibility index (Phi) is 4.98. The van der Waals surface area contributed by atoms with Crippen LogP contribution in [0.1, 0.15) is 13.8 Å². The lowest BCUT2D eigenvalue weighted by atomic mass is 10.2. The lowest BCUT2D eigenvalue weighted by molar-refractivity contribution is 0.843. The van der Waals surface area contributed by atoms with Crippen LogP contribution in [0, 0.1) is 0 Å². The minimum Gasteiger partial charge on any atom is -0.378 e. The van der Waals surface area contributed by atoms with Crippen molar-refractivity contribution in [3.63, 3.8) is 0 Å². The maximum Gasteiger partial charge on any atom is 0.229 e. The molecule has 0 amide bonds. The second kappa shape index (κ2) is 6.92. The summed E-state index contributed by atoms with van der Waals surface area (Å²) in [7, 11) is 4.05. The first-order valence-corrected chi connectivity index (χ1v) is 7.26. The van der Waals surface area contributed by atoms with E-state index in [1.165, 1.54) is 5.69 Å². The zero-order valence-corrected chi connectivity index (χ0v) is 13.2. The molecule has 112 valence electrons. The third kappa shape index (κ3) is 3.84. The third-order valence-electron chi connectivity index (χ3n) is 3.37. The van der Waals surface area contributed by atoms with Crippen molar-refractivity contribution >= 4 is 23.1 Å². The van der Waals surface area contributed by atoms with Crippen LogP contribution in [0.5, 0.6) is 0 Å². The van der Waals surface area contributed by atoms with E-state index in [1.54, 1.807) is 6.20 Å². The average Bonchev–Trinajstić information content (AvgIpc) is 2.49. The number of hydrogen-bond acceptors (Lipinski definition) is 5. The van der Waals surface area contributed by atoms with E-state index in [0.29, 0.717) is 5.95 Å². The van der Waals surface area contributed by atoms with Crippen molar-refractivity contribution in [1.82, 2.24) is 9.97 Å². The summed E-state index contributed by atoms with van der Waals surface area (Å²) in [5, 5.41) is 3.25. The van der Waals surface area contributed by atoms with Gasteiger partial charge in [-0.3, -0.25) is 0 Å². The summed E-state index contributed by atoms with van der Waals surface area (Å²) in [5.41, 5.74) is 2.15. The Balaban J connectivity index is 2.14. The normalized spacial score (nSPS) is 10.3. The molecule has 0 saturated heterocycles. The van der Waals surface area contributed by atoms with Gasteiger partial charge in [-0.2, -0.15) is 4.98 Å². The topological polar surface area (TPSA) is 44.3 Å². The Hall–Kier alpha value is -2.30. The van der Waals surface area contributed by atoms with Crippen LogP contribution in [0.4, 0.5) is 23.1 Å². The van der Waals surface area contributed by atoms with Gasteiger partial charge in [0, 0.05) is 44.8 Å². The average molecular weight is 285 g/mol. The molecule has 0 aliphatic carbocycles. The van der Waals surface area contributed by atoms with Crippen molar-refractivity contribution in [2.75, 3.05) is 42.3 Å². The third-order valence-corrected chi connectivity index (χ3v) is 3.37. The predicted octanol–water partition coefficient (Wildman–Crippen LogP) is 3.13. The van der Waals surface area contributed by atoms with Crippen molar-refractivity contribution in [2.45, 2.75) is 13.8 Å². The van der Waals surface area contributed by atoms with Crippen molar-refractivity contribution in [2.24, 2.45) is 0 Å². The van der Waals surface area contributed by atoms with Crippen LogP contribution in [-0.2, 0) is 0 Å². The summed E-state index contributed by atoms with van der Waals surface area (Å²) in [6, 6.07) is 10.1. The Morgan fingerprint density at radius 2 is 1.67 bits per heavy atom. The van der Waals surface area contributed by atoms with Crippen LogP contribution in [0.25, 0.3) is 0 Å². The van der Waals surface area contributed by atoms with Gasteiger partial charge in [0.15, 0.2) is 0 Å². The maximum atomic E-state index is 4.56. The predicted molar refractivity (Wildman–Crippen MR) is 89.6 cm³/mol. The molecule has 21 heavy (non-hydrogen) atoms. The zero-order chi connectivity index (χ0) is 15.2. The molecule has 5 nitrogen and oxygen atoms in total. The molecule has 1 heterocycles. The minimum atomic E-state index is 0.622. The molecule has 2 rings (SSSR count). The molecule has 1 N–H and O–H groups in total. The van der Waals surface area contributed by atoms with Crippen LogP contribution in [-0.4, -0.2) is 37.2 Å². The molecule has 0 aliphatic heterocycles. The highest BCUT2D eigenvalue weighted by Gasteiger charge is 2.05. The highest BCUT2D eigenvalue weighted by atomic mass is 15.2. The molecule has 0 fully saturated rings. The maximum absolute atomic E-state index is 4.56. The molecular formula is C16H23N5. The number of benzene rings is 1. The summed E-state index contributed by atoms with van der Waals surface area (Å²) >= 11 is 0. The van der Waals surface area contributed by atoms with Gasteiger partial charge in [0.1, 0.15) is 5.82 Å². The summed E-state index contributed by atoms with van der Waals surface area (Å²) in [6.07, 6.45) is 1.79. The first-order chi connectivity index (χ1) is 10.1. The standard InChI is InChI=1S/C16H23N5/c1-5-21(6-2)15-11-12-17-16(19-15)18-13-7-9-14(10-8-13)20(3)4/h7-12H,5-6H2,1-4H3,(H,17,18,19). The molecule has 0 bridgehead atoms. The Labute approximate surface area is 126 Å². The Bertz CT molecular complexity index is 561. The molecule has 0 radical (unpaired) electrons. The fraction of sp³-hybridized carbons (Fsp3) is 0.375. The van der Waals surface area contributed by atoms with E-state index in [4.69, 9.17) is 0 Å². The molecule has 0 unspecified atom stereocenters. The highest BCUT2D eigenvalue weighted by Crippen LogP contribution is 2.19. The van der Waals surface area contributed by atoms with Crippen molar-refractivity contribution in [3.05, 3.63) is 36.5 Å². The highest BCUT2D eigenvalue weighted by molar-refractivity contribution is 5.59. The van der Waals surface area contributed by atoms with Crippen LogP contribution in [0.15, 0.2) is 36.5 Å². The summed E-state index contributed by atoms with van der Waals surface area (Å²) in [5.74, 6) is 1.57. The van der Waals surface area contributed by atoms with E-state index in [9.17, 15) is 0 Å². The summed E-state index contributed by atoms with van der Waals surface area (Å²) in [4.78, 5) is 13.1. The molecule has 2 aromatic rings. The first-order valence-electron chi connectivity index (χ1n) is 7.26. The van der Waals surface area contributed by atoms with Gasteiger partial charge in [-0.05, 0) is 44.2 Å². The lowest BCUT2D eigenvalue weighted by Crippen LogP contribution is -2.23. The number of nitrogens with zero attached hydrogens (tertiary/aromatic N) is 4. The largest absolute Gasteiger partial charge is 0.378 e. The van der Waals surface area contributed by atoms with E-state index in [0.717, 1.165) is 24.6 Å². The number of anilines is 4. The monoisotopic (exact) mass is 285 g/mol. The van der Waals surface area contributed by atoms with Gasteiger partial charge in [-0.25, -0.2) is 4.98 Å². The fourth-order valence-corrected chi connectivity index (χ4v) is 2.11. The van der Waals surface area contributed by atoms with Crippen LogP contribution < -0.4 is 15.1 Å². The summed E-state index contributed by atoms with van der Waals surface area (Å²) in [6.45, 7) is 6.12. The molecule has 0 spiro atoms.